The van der Waals surface area contributed by atoms with Crippen molar-refractivity contribution in [2.75, 3.05) is 11.9 Å². The Balaban J connectivity index is 1.55. The molecule has 2 N–H and O–H groups in total. The molecule has 27 heavy (non-hydrogen) atoms. The van der Waals surface area contributed by atoms with E-state index in [9.17, 15) is 0 Å². The van der Waals surface area contributed by atoms with Crippen LogP contribution in [-0.2, 0) is 6.54 Å². The molecule has 0 spiro atoms. The first-order chi connectivity index (χ1) is 13.2. The van der Waals surface area contributed by atoms with Crippen molar-refractivity contribution in [3.8, 4) is 11.4 Å². The van der Waals surface area contributed by atoms with E-state index in [2.05, 4.69) is 56.4 Å². The monoisotopic (exact) mass is 362 g/mol. The van der Waals surface area contributed by atoms with Gasteiger partial charge in [0.25, 0.3) is 0 Å². The summed E-state index contributed by atoms with van der Waals surface area (Å²) in [5.74, 6) is 1.79. The number of benzene rings is 1. The molecule has 0 amide bonds. The summed E-state index contributed by atoms with van der Waals surface area (Å²) in [5, 5.41) is 7.04. The van der Waals surface area contributed by atoms with Crippen molar-refractivity contribution < 1.29 is 0 Å². The van der Waals surface area contributed by atoms with E-state index >= 15 is 0 Å². The molecule has 3 heterocycles. The minimum Gasteiger partial charge on any atom is -0.365 e. The fraction of sp³-hybridized carbons (Fsp3) is 0.381. The maximum Gasteiger partial charge on any atom is 0.145 e. The Labute approximate surface area is 160 Å². The maximum absolute atomic E-state index is 4.81. The van der Waals surface area contributed by atoms with E-state index in [1.165, 1.54) is 12.0 Å². The Morgan fingerprint density at radius 3 is 2.78 bits per heavy atom. The molecular formula is C21H26N6. The molecule has 2 aromatic heterocycles. The van der Waals surface area contributed by atoms with Crippen LogP contribution in [0.4, 0.5) is 5.82 Å². The molecular weight excluding hydrogens is 336 g/mol. The average molecular weight is 362 g/mol. The van der Waals surface area contributed by atoms with Crippen LogP contribution in [0.15, 0.2) is 48.9 Å². The number of aryl methyl sites for hydroxylation is 1. The van der Waals surface area contributed by atoms with E-state index < -0.39 is 0 Å². The lowest BCUT2D eigenvalue weighted by Crippen LogP contribution is -2.43. The number of rotatable bonds is 5. The quantitative estimate of drug-likeness (QED) is 0.729. The highest BCUT2D eigenvalue weighted by molar-refractivity contribution is 5.56. The van der Waals surface area contributed by atoms with E-state index in [1.807, 2.05) is 25.4 Å². The normalized spacial score (nSPS) is 19.8. The highest BCUT2D eigenvalue weighted by Gasteiger charge is 2.18. The summed E-state index contributed by atoms with van der Waals surface area (Å²) in [7, 11) is 0. The molecule has 3 aromatic rings. The molecule has 1 aliphatic rings. The molecule has 4 rings (SSSR count). The van der Waals surface area contributed by atoms with Crippen LogP contribution in [0.1, 0.15) is 31.2 Å². The van der Waals surface area contributed by atoms with Crippen LogP contribution in [0, 0.1) is 6.92 Å². The van der Waals surface area contributed by atoms with Crippen molar-refractivity contribution in [2.24, 2.45) is 0 Å². The second kappa shape index (κ2) is 7.88. The molecule has 0 radical (unpaired) electrons. The van der Waals surface area contributed by atoms with Crippen molar-refractivity contribution >= 4 is 5.82 Å². The van der Waals surface area contributed by atoms with Gasteiger partial charge in [-0.2, -0.15) is 0 Å². The third-order valence-corrected chi connectivity index (χ3v) is 5.15. The van der Waals surface area contributed by atoms with Crippen molar-refractivity contribution in [3.05, 3.63) is 60.3 Å². The van der Waals surface area contributed by atoms with E-state index in [-0.39, 0.29) is 0 Å². The Kier molecular flexibility index (Phi) is 5.16. The van der Waals surface area contributed by atoms with Crippen LogP contribution in [0.5, 0.6) is 0 Å². The Morgan fingerprint density at radius 1 is 1.15 bits per heavy atom. The standard InChI is InChI=1S/C21H26N6/c1-15-8-9-18(10-23-15)25-21-13-22-11-19(26-21)20-12-24-16(2)27(20)14-17-6-4-3-5-7-17/h3-7,11-13,15,18,23H,8-10,14H2,1-2H3,(H,25,26)/t15-,18+/m0/s1. The molecule has 1 aliphatic heterocycles. The lowest BCUT2D eigenvalue weighted by molar-refractivity contribution is 0.398. The molecule has 0 unspecified atom stereocenters. The van der Waals surface area contributed by atoms with Gasteiger partial charge < -0.3 is 15.2 Å². The lowest BCUT2D eigenvalue weighted by atomic mass is 10.0. The summed E-state index contributed by atoms with van der Waals surface area (Å²) in [6, 6.07) is 11.4. The first kappa shape index (κ1) is 17.7. The molecule has 0 bridgehead atoms. The third-order valence-electron chi connectivity index (χ3n) is 5.15. The molecule has 0 aliphatic carbocycles. The first-order valence-corrected chi connectivity index (χ1v) is 9.57. The number of aromatic nitrogens is 4. The van der Waals surface area contributed by atoms with E-state index in [0.29, 0.717) is 12.1 Å². The Hall–Kier alpha value is -2.73. The highest BCUT2D eigenvalue weighted by Crippen LogP contribution is 2.22. The number of nitrogens with one attached hydrogen (secondary N) is 2. The van der Waals surface area contributed by atoms with Gasteiger partial charge in [-0.1, -0.05) is 30.3 Å². The van der Waals surface area contributed by atoms with Crippen molar-refractivity contribution in [1.82, 2.24) is 24.8 Å². The number of hydrogen-bond acceptors (Lipinski definition) is 5. The fourth-order valence-electron chi connectivity index (χ4n) is 3.53. The van der Waals surface area contributed by atoms with Crippen LogP contribution < -0.4 is 10.6 Å². The predicted octanol–water partition coefficient (Wildman–Crippen LogP) is 3.25. The van der Waals surface area contributed by atoms with Crippen molar-refractivity contribution in [3.63, 3.8) is 0 Å². The summed E-state index contributed by atoms with van der Waals surface area (Å²) >= 11 is 0. The van der Waals surface area contributed by atoms with Gasteiger partial charge in [-0.25, -0.2) is 9.97 Å². The van der Waals surface area contributed by atoms with Gasteiger partial charge in [-0.15, -0.1) is 0 Å². The molecule has 2 atom stereocenters. The number of anilines is 1. The zero-order valence-electron chi connectivity index (χ0n) is 15.9. The number of hydrogen-bond donors (Lipinski definition) is 2. The van der Waals surface area contributed by atoms with E-state index in [1.54, 1.807) is 6.20 Å². The lowest BCUT2D eigenvalue weighted by Gasteiger charge is -2.28. The smallest absolute Gasteiger partial charge is 0.145 e. The first-order valence-electron chi connectivity index (χ1n) is 9.57. The Morgan fingerprint density at radius 2 is 2.00 bits per heavy atom. The SMILES string of the molecule is Cc1ncc(-c2cncc(N[C@@H]3CC[C@H](C)NC3)n2)n1Cc1ccccc1. The maximum atomic E-state index is 4.81. The zero-order chi connectivity index (χ0) is 18.6. The van der Waals surface area contributed by atoms with Crippen LogP contribution in [0.3, 0.4) is 0 Å². The second-order valence-corrected chi connectivity index (χ2v) is 7.28. The predicted molar refractivity (Wildman–Crippen MR) is 108 cm³/mol. The van der Waals surface area contributed by atoms with Gasteiger partial charge in [0.1, 0.15) is 17.3 Å². The van der Waals surface area contributed by atoms with Crippen molar-refractivity contribution in [2.45, 2.75) is 45.3 Å². The Bertz CT molecular complexity index is 881. The molecule has 1 fully saturated rings. The topological polar surface area (TPSA) is 67.7 Å². The summed E-state index contributed by atoms with van der Waals surface area (Å²) in [4.78, 5) is 13.7. The van der Waals surface area contributed by atoms with Crippen LogP contribution in [-0.4, -0.2) is 38.1 Å². The van der Waals surface area contributed by atoms with Crippen molar-refractivity contribution in [1.29, 1.82) is 0 Å². The molecule has 6 heteroatoms. The van der Waals surface area contributed by atoms with Gasteiger partial charge in [0.2, 0.25) is 0 Å². The summed E-state index contributed by atoms with van der Waals surface area (Å²) in [5.41, 5.74) is 3.07. The fourth-order valence-corrected chi connectivity index (χ4v) is 3.53. The average Bonchev–Trinajstić information content (AvgIpc) is 3.05. The third kappa shape index (κ3) is 4.17. The summed E-state index contributed by atoms with van der Waals surface area (Å²) < 4.78 is 2.19. The van der Waals surface area contributed by atoms with Gasteiger partial charge in [0.15, 0.2) is 0 Å². The summed E-state index contributed by atoms with van der Waals surface area (Å²) in [6.07, 6.45) is 7.81. The van der Waals surface area contributed by atoms with Crippen LogP contribution in [0.25, 0.3) is 11.4 Å². The van der Waals surface area contributed by atoms with Gasteiger partial charge in [0.05, 0.1) is 24.3 Å². The van der Waals surface area contributed by atoms with Crippen LogP contribution in [0.2, 0.25) is 0 Å². The van der Waals surface area contributed by atoms with Gasteiger partial charge >= 0.3 is 0 Å². The minimum absolute atomic E-state index is 0.390. The van der Waals surface area contributed by atoms with Crippen LogP contribution >= 0.6 is 0 Å². The molecule has 6 nitrogen and oxygen atoms in total. The molecule has 1 aromatic carbocycles. The number of piperidine rings is 1. The number of nitrogens with zero attached hydrogens (tertiary/aromatic N) is 4. The molecule has 140 valence electrons. The van der Waals surface area contributed by atoms with Gasteiger partial charge in [0, 0.05) is 25.2 Å². The number of imidazole rings is 1. The second-order valence-electron chi connectivity index (χ2n) is 7.28. The van der Waals surface area contributed by atoms with Gasteiger partial charge in [-0.05, 0) is 32.3 Å². The van der Waals surface area contributed by atoms with E-state index in [4.69, 9.17) is 4.98 Å². The molecule has 0 saturated carbocycles. The van der Waals surface area contributed by atoms with Gasteiger partial charge in [-0.3, -0.25) is 4.98 Å². The van der Waals surface area contributed by atoms with E-state index in [0.717, 1.165) is 42.5 Å². The molecule has 1 saturated heterocycles. The summed E-state index contributed by atoms with van der Waals surface area (Å²) in [6.45, 7) is 5.98. The zero-order valence-corrected chi connectivity index (χ0v) is 15.9. The largest absolute Gasteiger partial charge is 0.365 e. The highest BCUT2D eigenvalue weighted by atomic mass is 15.1. The minimum atomic E-state index is 0.390.